The molecule has 1 aromatic heterocycles. The van der Waals surface area contributed by atoms with E-state index in [4.69, 9.17) is 25.3 Å². The van der Waals surface area contributed by atoms with Crippen molar-refractivity contribution < 1.29 is 19.4 Å². The summed E-state index contributed by atoms with van der Waals surface area (Å²) in [5, 5.41) is 18.6. The van der Waals surface area contributed by atoms with Crippen molar-refractivity contribution in [1.29, 1.82) is 0 Å². The number of nitrogens with zero attached hydrogens (tertiary/aromatic N) is 3. The quantitative estimate of drug-likeness (QED) is 0.209. The van der Waals surface area contributed by atoms with Crippen molar-refractivity contribution in [3.63, 3.8) is 0 Å². The van der Waals surface area contributed by atoms with Gasteiger partial charge in [0.2, 0.25) is 0 Å². The number of nitrogens with two attached hydrogens (primary N) is 1. The van der Waals surface area contributed by atoms with Crippen molar-refractivity contribution in [2.45, 2.75) is 125 Å². The van der Waals surface area contributed by atoms with Gasteiger partial charge < -0.3 is 20.3 Å². The number of carbonyl (C=O) groups is 1. The zero-order chi connectivity index (χ0) is 40.2. The third-order valence-corrected chi connectivity index (χ3v) is 17.9. The van der Waals surface area contributed by atoms with Gasteiger partial charge in [-0.25, -0.2) is 9.67 Å². The average Bonchev–Trinajstić information content (AvgIpc) is 3.63. The second kappa shape index (κ2) is 13.5. The van der Waals surface area contributed by atoms with E-state index in [9.17, 15) is 9.90 Å². The van der Waals surface area contributed by atoms with Crippen LogP contribution >= 0.6 is 0 Å². The van der Waals surface area contributed by atoms with Crippen LogP contribution in [0.15, 0.2) is 60.4 Å². The number of hydrogen-bond acceptors (Lipinski definition) is 6. The maximum atomic E-state index is 13.6. The van der Waals surface area contributed by atoms with Gasteiger partial charge in [-0.1, -0.05) is 116 Å². The van der Waals surface area contributed by atoms with Crippen molar-refractivity contribution in [3.8, 4) is 11.4 Å². The molecule has 1 aliphatic heterocycles. The molecule has 2 bridgehead atoms. The number of allylic oxidation sites excluding steroid dienone is 1. The molecule has 1 saturated heterocycles. The summed E-state index contributed by atoms with van der Waals surface area (Å²) in [5.41, 5.74) is 7.67. The van der Waals surface area contributed by atoms with Crippen LogP contribution in [0.5, 0.6) is 0 Å². The third-order valence-electron chi connectivity index (χ3n) is 17.9. The number of fused-ring (bicyclic) bond motifs is 4. The fraction of sp³-hybridized carbons (Fsp3) is 0.688. The van der Waals surface area contributed by atoms with E-state index < -0.39 is 17.4 Å². The summed E-state index contributed by atoms with van der Waals surface area (Å²) in [7, 11) is 0. The lowest BCUT2D eigenvalue weighted by atomic mass is 9.34. The van der Waals surface area contributed by atoms with E-state index in [1.807, 2.05) is 0 Å². The molecular formula is C48H68N4O4. The molecule has 3 aromatic rings. The first-order valence-electron chi connectivity index (χ1n) is 21.6. The number of benzene rings is 2. The molecule has 4 aliphatic carbocycles. The highest BCUT2D eigenvalue weighted by atomic mass is 16.5. The Bertz CT molecular complexity index is 2010. The Kier molecular flexibility index (Phi) is 9.57. The molecule has 3 saturated carbocycles. The van der Waals surface area contributed by atoms with Gasteiger partial charge in [-0.05, 0) is 102 Å². The zero-order valence-electron chi connectivity index (χ0n) is 35.8. The topological polar surface area (TPSA) is 112 Å². The fourth-order valence-corrected chi connectivity index (χ4v) is 13.7. The highest BCUT2D eigenvalue weighted by Gasteiger charge is 2.72. The smallest absolute Gasteiger partial charge is 0.307 e. The summed E-state index contributed by atoms with van der Waals surface area (Å²) >= 11 is 0. The Hall–Kier alpha value is -3.07. The molecule has 304 valence electrons. The minimum atomic E-state index is -0.621. The van der Waals surface area contributed by atoms with Gasteiger partial charge in [0.15, 0.2) is 5.82 Å². The molecule has 2 aromatic carbocycles. The molecule has 5 aliphatic rings. The Balaban J connectivity index is 1.27. The monoisotopic (exact) mass is 765 g/mol. The Morgan fingerprint density at radius 3 is 2.46 bits per heavy atom. The zero-order valence-corrected chi connectivity index (χ0v) is 35.8. The molecule has 8 rings (SSSR count). The maximum Gasteiger partial charge on any atom is 0.307 e. The van der Waals surface area contributed by atoms with E-state index >= 15 is 0 Å². The van der Waals surface area contributed by atoms with Crippen molar-refractivity contribution in [3.05, 3.63) is 60.4 Å². The molecule has 0 spiro atoms. The Labute approximate surface area is 335 Å². The molecule has 56 heavy (non-hydrogen) atoms. The van der Waals surface area contributed by atoms with Crippen LogP contribution in [0.25, 0.3) is 22.2 Å². The first-order valence-corrected chi connectivity index (χ1v) is 21.6. The Morgan fingerprint density at radius 1 is 1.02 bits per heavy atom. The average molecular weight is 765 g/mol. The fourth-order valence-electron chi connectivity index (χ4n) is 13.7. The van der Waals surface area contributed by atoms with Crippen LogP contribution in [0.1, 0.15) is 114 Å². The molecule has 2 heterocycles. The molecule has 0 amide bonds. The van der Waals surface area contributed by atoms with Gasteiger partial charge in [0.1, 0.15) is 6.33 Å². The van der Waals surface area contributed by atoms with Crippen LogP contribution < -0.4 is 5.73 Å². The van der Waals surface area contributed by atoms with Crippen LogP contribution in [0.4, 0.5) is 0 Å². The largest absolute Gasteiger partial charge is 0.481 e. The van der Waals surface area contributed by atoms with E-state index in [0.29, 0.717) is 37.6 Å². The van der Waals surface area contributed by atoms with Crippen molar-refractivity contribution in [2.75, 3.05) is 19.8 Å². The van der Waals surface area contributed by atoms with Crippen LogP contribution in [-0.2, 0) is 14.3 Å². The number of hydrogen-bond donors (Lipinski definition) is 2. The standard InChI is InChI=1S/C48H68N4O4/c1-29(2)31(5)43(6)22-23-45(8)35-18-19-38-44(7)25-55-27-48(38,36(35)20-21-46(45,9)39(43)42(53)54)24-37(40(44)56-26-47(10,49)30(3)4)52-41(50-28-51-52)34-17-13-15-32-14-11-12-16-33(32)34/h11-17,20,28-31,35,37-40H,18-19,21-27,49H2,1-10H3,(H,53,54)/t31-,35+,37-,38+,39-,40+,43-,44-,45-,46+,47+,48+/m1/s1. The summed E-state index contributed by atoms with van der Waals surface area (Å²) in [6.07, 6.45) is 9.74. The van der Waals surface area contributed by atoms with Crippen molar-refractivity contribution in [2.24, 2.45) is 68.3 Å². The summed E-state index contributed by atoms with van der Waals surface area (Å²) in [4.78, 5) is 18.6. The summed E-state index contributed by atoms with van der Waals surface area (Å²) in [6.45, 7) is 24.5. The van der Waals surface area contributed by atoms with Crippen LogP contribution in [0.3, 0.4) is 0 Å². The molecule has 3 N–H and O–H groups in total. The van der Waals surface area contributed by atoms with Gasteiger partial charge in [0.25, 0.3) is 0 Å². The molecule has 12 atom stereocenters. The minimum absolute atomic E-state index is 0.117. The highest BCUT2D eigenvalue weighted by Crippen LogP contribution is 2.75. The molecule has 0 radical (unpaired) electrons. The SMILES string of the molecule is CC(C)[C@@H](C)[C@@]1(C)CC[C@]2(C)[C@H]3CC[C@@H]4[C@@]5(COC[C@@]4(C)[C@@H](OC[C@](C)(N)C(C)C)[C@H](n4ncnc4-c4cccc6ccccc46)C5)C3=CC[C@@]2(C)[C@@H]1C(=O)O. The normalized spacial score (nSPS) is 39.7. The van der Waals surface area contributed by atoms with Crippen molar-refractivity contribution in [1.82, 2.24) is 14.8 Å². The number of carboxylic acids is 1. The number of carboxylic acid groups (broad SMARTS) is 1. The van der Waals surface area contributed by atoms with Gasteiger partial charge >= 0.3 is 5.97 Å². The van der Waals surface area contributed by atoms with E-state index in [2.05, 4.69) is 122 Å². The second-order valence-electron chi connectivity index (χ2n) is 21.1. The second-order valence-corrected chi connectivity index (χ2v) is 21.1. The van der Waals surface area contributed by atoms with Gasteiger partial charge in [-0.15, -0.1) is 0 Å². The predicted molar refractivity (Wildman–Crippen MR) is 223 cm³/mol. The maximum absolute atomic E-state index is 13.6. The Morgan fingerprint density at radius 2 is 1.75 bits per heavy atom. The molecule has 0 unspecified atom stereocenters. The highest BCUT2D eigenvalue weighted by molar-refractivity contribution is 5.95. The van der Waals surface area contributed by atoms with Gasteiger partial charge in [0.05, 0.1) is 37.9 Å². The third kappa shape index (κ3) is 5.50. The van der Waals surface area contributed by atoms with E-state index in [0.717, 1.165) is 55.3 Å². The summed E-state index contributed by atoms with van der Waals surface area (Å²) < 4.78 is 16.3. The summed E-state index contributed by atoms with van der Waals surface area (Å²) in [5.74, 6) is 1.40. The number of ether oxygens (including phenoxy) is 2. The van der Waals surface area contributed by atoms with Gasteiger partial charge in [0, 0.05) is 21.9 Å². The van der Waals surface area contributed by atoms with Gasteiger partial charge in [-0.3, -0.25) is 4.79 Å². The van der Waals surface area contributed by atoms with Crippen LogP contribution in [0, 0.1) is 62.6 Å². The minimum Gasteiger partial charge on any atom is -0.481 e. The van der Waals surface area contributed by atoms with E-state index in [-0.39, 0.29) is 51.1 Å². The predicted octanol–water partition coefficient (Wildman–Crippen LogP) is 9.99. The molecule has 8 nitrogen and oxygen atoms in total. The van der Waals surface area contributed by atoms with Crippen molar-refractivity contribution >= 4 is 16.7 Å². The number of aromatic nitrogens is 3. The first kappa shape index (κ1) is 39.7. The number of rotatable bonds is 9. The lowest BCUT2D eigenvalue weighted by Crippen LogP contribution is -2.69. The van der Waals surface area contributed by atoms with Gasteiger partial charge in [-0.2, -0.15) is 5.10 Å². The summed E-state index contributed by atoms with van der Waals surface area (Å²) in [6, 6.07) is 14.8. The lowest BCUT2D eigenvalue weighted by Gasteiger charge is -2.71. The molecule has 8 heteroatoms. The van der Waals surface area contributed by atoms with E-state index in [1.54, 1.807) is 6.33 Å². The van der Waals surface area contributed by atoms with Crippen LogP contribution in [0.2, 0.25) is 0 Å². The first-order chi connectivity index (χ1) is 26.4. The number of aliphatic carboxylic acids is 1. The molecule has 4 fully saturated rings. The van der Waals surface area contributed by atoms with Crippen LogP contribution in [-0.4, -0.2) is 57.3 Å². The lowest BCUT2D eigenvalue weighted by molar-refractivity contribution is -0.252. The van der Waals surface area contributed by atoms with E-state index in [1.165, 1.54) is 11.0 Å². The molecular weight excluding hydrogens is 697 g/mol.